The Bertz CT molecular complexity index is 566. The number of hydrogen-bond donors (Lipinski definition) is 2. The molecule has 3 heteroatoms. The number of rotatable bonds is 1. The standard InChI is InChI=1S/C14H13N3/c15-12-8-14(16,10-4-2-1-3-5-10)9-13-11(12)6-7-17-13/h1-7,9,15H,8,16H2. The summed E-state index contributed by atoms with van der Waals surface area (Å²) in [7, 11) is 0. The van der Waals surface area contributed by atoms with Gasteiger partial charge in [-0.05, 0) is 17.7 Å². The summed E-state index contributed by atoms with van der Waals surface area (Å²) in [6.45, 7) is 0. The van der Waals surface area contributed by atoms with Crippen LogP contribution in [0.4, 0.5) is 0 Å². The van der Waals surface area contributed by atoms with Crippen LogP contribution in [-0.4, -0.2) is 11.9 Å². The molecule has 1 aliphatic carbocycles. The number of benzene rings is 1. The van der Waals surface area contributed by atoms with Crippen molar-refractivity contribution in [2.24, 2.45) is 10.7 Å². The van der Waals surface area contributed by atoms with E-state index in [1.54, 1.807) is 6.21 Å². The molecule has 17 heavy (non-hydrogen) atoms. The second kappa shape index (κ2) is 3.50. The van der Waals surface area contributed by atoms with Gasteiger partial charge >= 0.3 is 0 Å². The molecule has 0 saturated carbocycles. The van der Waals surface area contributed by atoms with E-state index in [1.807, 2.05) is 42.5 Å². The summed E-state index contributed by atoms with van der Waals surface area (Å²) in [5.74, 6) is 0. The van der Waals surface area contributed by atoms with Gasteiger partial charge in [0.25, 0.3) is 0 Å². The van der Waals surface area contributed by atoms with Gasteiger partial charge in [0, 0.05) is 23.9 Å². The molecule has 2 aliphatic rings. The van der Waals surface area contributed by atoms with Crippen LogP contribution >= 0.6 is 0 Å². The average Bonchev–Trinajstić information content (AvgIpc) is 2.78. The van der Waals surface area contributed by atoms with E-state index < -0.39 is 5.54 Å². The summed E-state index contributed by atoms with van der Waals surface area (Å²) in [6, 6.07) is 9.90. The van der Waals surface area contributed by atoms with Crippen molar-refractivity contribution in [2.45, 2.75) is 12.0 Å². The molecule has 3 N–H and O–H groups in total. The summed E-state index contributed by atoms with van der Waals surface area (Å²) >= 11 is 0. The third kappa shape index (κ3) is 1.56. The van der Waals surface area contributed by atoms with Gasteiger partial charge in [-0.3, -0.25) is 4.99 Å². The largest absolute Gasteiger partial charge is 0.318 e. The summed E-state index contributed by atoms with van der Waals surface area (Å²) in [5, 5.41) is 8.05. The van der Waals surface area contributed by atoms with E-state index in [1.165, 1.54) is 0 Å². The molecule has 0 radical (unpaired) electrons. The third-order valence-electron chi connectivity index (χ3n) is 3.23. The monoisotopic (exact) mass is 223 g/mol. The number of fused-ring (bicyclic) bond motifs is 1. The molecule has 3 rings (SSSR count). The topological polar surface area (TPSA) is 62.2 Å². The fourth-order valence-electron chi connectivity index (χ4n) is 2.33. The van der Waals surface area contributed by atoms with Crippen LogP contribution in [0, 0.1) is 5.41 Å². The molecule has 0 aromatic heterocycles. The highest BCUT2D eigenvalue weighted by atomic mass is 14.8. The van der Waals surface area contributed by atoms with Crippen molar-refractivity contribution in [3.63, 3.8) is 0 Å². The van der Waals surface area contributed by atoms with Gasteiger partial charge in [-0.1, -0.05) is 30.3 Å². The smallest absolute Gasteiger partial charge is 0.0702 e. The predicted octanol–water partition coefficient (Wildman–Crippen LogP) is 2.16. The van der Waals surface area contributed by atoms with Crippen molar-refractivity contribution >= 4 is 11.9 Å². The van der Waals surface area contributed by atoms with Crippen LogP contribution < -0.4 is 5.73 Å². The van der Waals surface area contributed by atoms with Gasteiger partial charge in [-0.15, -0.1) is 0 Å². The van der Waals surface area contributed by atoms with Crippen LogP contribution in [0.5, 0.6) is 0 Å². The van der Waals surface area contributed by atoms with Crippen LogP contribution in [-0.2, 0) is 5.54 Å². The number of allylic oxidation sites excluding steroid dienone is 2. The van der Waals surface area contributed by atoms with Crippen molar-refractivity contribution in [3.05, 3.63) is 59.3 Å². The lowest BCUT2D eigenvalue weighted by Crippen LogP contribution is -2.40. The molecule has 0 bridgehead atoms. The van der Waals surface area contributed by atoms with Crippen LogP contribution in [0.25, 0.3) is 0 Å². The minimum Gasteiger partial charge on any atom is -0.318 e. The Morgan fingerprint density at radius 2 is 2.00 bits per heavy atom. The first-order valence-electron chi connectivity index (χ1n) is 5.59. The molecular formula is C14H13N3. The Labute approximate surface area is 99.9 Å². The minimum absolute atomic E-state index is 0.524. The Hall–Kier alpha value is -2.00. The first-order chi connectivity index (χ1) is 8.19. The lowest BCUT2D eigenvalue weighted by Gasteiger charge is -2.31. The van der Waals surface area contributed by atoms with Gasteiger partial charge < -0.3 is 11.1 Å². The van der Waals surface area contributed by atoms with Gasteiger partial charge in [-0.25, -0.2) is 0 Å². The van der Waals surface area contributed by atoms with Gasteiger partial charge in [0.2, 0.25) is 0 Å². The highest BCUT2D eigenvalue weighted by Gasteiger charge is 2.34. The van der Waals surface area contributed by atoms with Gasteiger partial charge in [-0.2, -0.15) is 0 Å². The normalized spacial score (nSPS) is 26.5. The predicted molar refractivity (Wildman–Crippen MR) is 69.3 cm³/mol. The maximum Gasteiger partial charge on any atom is 0.0702 e. The Kier molecular flexibility index (Phi) is 2.09. The van der Waals surface area contributed by atoms with Crippen molar-refractivity contribution in [3.8, 4) is 0 Å². The SMILES string of the molecule is N=C1CC(N)(c2ccccc2)C=C2N=CC=C12. The molecule has 1 unspecified atom stereocenters. The van der Waals surface area contributed by atoms with Gasteiger partial charge in [0.05, 0.1) is 11.2 Å². The number of nitrogens with one attached hydrogen (secondary N) is 1. The molecule has 1 aliphatic heterocycles. The number of nitrogens with zero attached hydrogens (tertiary/aromatic N) is 1. The Balaban J connectivity index is 2.11. The Morgan fingerprint density at radius 1 is 1.24 bits per heavy atom. The van der Waals surface area contributed by atoms with Gasteiger partial charge in [0.1, 0.15) is 0 Å². The zero-order valence-electron chi connectivity index (χ0n) is 9.35. The van der Waals surface area contributed by atoms with Crippen molar-refractivity contribution < 1.29 is 0 Å². The maximum atomic E-state index is 8.05. The molecule has 84 valence electrons. The van der Waals surface area contributed by atoms with E-state index in [-0.39, 0.29) is 0 Å². The molecule has 1 aromatic rings. The number of aliphatic imine (C=N–C) groups is 1. The lowest BCUT2D eigenvalue weighted by molar-refractivity contribution is 0.575. The molecule has 0 fully saturated rings. The van der Waals surface area contributed by atoms with Crippen molar-refractivity contribution in [1.82, 2.24) is 0 Å². The summed E-state index contributed by atoms with van der Waals surface area (Å²) in [6.07, 6.45) is 6.09. The quantitative estimate of drug-likeness (QED) is 0.753. The van der Waals surface area contributed by atoms with Crippen LogP contribution in [0.2, 0.25) is 0 Å². The molecule has 0 saturated heterocycles. The maximum absolute atomic E-state index is 8.05. The first kappa shape index (κ1) is 10.2. The third-order valence-corrected chi connectivity index (χ3v) is 3.23. The van der Waals surface area contributed by atoms with E-state index >= 15 is 0 Å². The second-order valence-corrected chi connectivity index (χ2v) is 4.45. The first-order valence-corrected chi connectivity index (χ1v) is 5.59. The zero-order valence-corrected chi connectivity index (χ0v) is 9.35. The molecule has 1 aromatic carbocycles. The van der Waals surface area contributed by atoms with E-state index in [4.69, 9.17) is 11.1 Å². The highest BCUT2D eigenvalue weighted by molar-refractivity contribution is 6.08. The fourth-order valence-corrected chi connectivity index (χ4v) is 2.33. The summed E-state index contributed by atoms with van der Waals surface area (Å²) < 4.78 is 0. The second-order valence-electron chi connectivity index (χ2n) is 4.45. The minimum atomic E-state index is -0.604. The Morgan fingerprint density at radius 3 is 2.76 bits per heavy atom. The van der Waals surface area contributed by atoms with Crippen LogP contribution in [0.3, 0.4) is 0 Å². The summed E-state index contributed by atoms with van der Waals surface area (Å²) in [5.41, 5.74) is 9.12. The van der Waals surface area contributed by atoms with E-state index in [9.17, 15) is 0 Å². The highest BCUT2D eigenvalue weighted by Crippen LogP contribution is 2.35. The average molecular weight is 223 g/mol. The molecule has 1 heterocycles. The lowest BCUT2D eigenvalue weighted by atomic mass is 9.78. The molecule has 0 spiro atoms. The zero-order chi connectivity index (χ0) is 11.9. The van der Waals surface area contributed by atoms with Crippen molar-refractivity contribution in [2.75, 3.05) is 0 Å². The molecule has 3 nitrogen and oxygen atoms in total. The molecular weight excluding hydrogens is 210 g/mol. The van der Waals surface area contributed by atoms with E-state index in [0.717, 1.165) is 16.8 Å². The van der Waals surface area contributed by atoms with Crippen LogP contribution in [0.15, 0.2) is 58.7 Å². The van der Waals surface area contributed by atoms with Crippen LogP contribution in [0.1, 0.15) is 12.0 Å². The van der Waals surface area contributed by atoms with Gasteiger partial charge in [0.15, 0.2) is 0 Å². The van der Waals surface area contributed by atoms with E-state index in [0.29, 0.717) is 12.1 Å². The summed E-state index contributed by atoms with van der Waals surface area (Å²) in [4.78, 5) is 4.25. The number of hydrogen-bond acceptors (Lipinski definition) is 3. The molecule has 0 amide bonds. The molecule has 1 atom stereocenters. The van der Waals surface area contributed by atoms with E-state index in [2.05, 4.69) is 4.99 Å². The number of nitrogens with two attached hydrogens (primary N) is 1. The fraction of sp³-hybridized carbons (Fsp3) is 0.143. The van der Waals surface area contributed by atoms with Crippen molar-refractivity contribution in [1.29, 1.82) is 5.41 Å².